The van der Waals surface area contributed by atoms with Crippen LogP contribution in [0.2, 0.25) is 0 Å². The first-order valence-corrected chi connectivity index (χ1v) is 12.8. The zero-order valence-electron chi connectivity index (χ0n) is 21.8. The first-order chi connectivity index (χ1) is 18.6. The number of halogens is 3. The number of benzene rings is 2. The molecular formula is C28H31F3N4O4. The third kappa shape index (κ3) is 6.42. The summed E-state index contributed by atoms with van der Waals surface area (Å²) in [5.74, 6) is -0.708. The lowest BCUT2D eigenvalue weighted by Crippen LogP contribution is -2.49. The van der Waals surface area contributed by atoms with Crippen molar-refractivity contribution in [3.05, 3.63) is 82.6 Å². The Morgan fingerprint density at radius 3 is 2.33 bits per heavy atom. The number of nitrogens with zero attached hydrogens (tertiary/aromatic N) is 3. The molecular weight excluding hydrogens is 513 g/mol. The van der Waals surface area contributed by atoms with Gasteiger partial charge in [-0.15, -0.1) is 0 Å². The summed E-state index contributed by atoms with van der Waals surface area (Å²) in [5, 5.41) is 2.73. The average Bonchev–Trinajstić information content (AvgIpc) is 3.16. The second-order valence-corrected chi connectivity index (χ2v) is 9.43. The van der Waals surface area contributed by atoms with E-state index in [1.54, 1.807) is 24.0 Å². The lowest BCUT2D eigenvalue weighted by Gasteiger charge is -2.36. The topological polar surface area (TPSA) is 82.2 Å². The summed E-state index contributed by atoms with van der Waals surface area (Å²) in [5.41, 5.74) is 0.693. The number of alkyl halides is 3. The number of amides is 3. The fourth-order valence-electron chi connectivity index (χ4n) is 4.82. The molecule has 2 aromatic carbocycles. The summed E-state index contributed by atoms with van der Waals surface area (Å²) >= 11 is 0. The number of carbonyl (C=O) groups is 3. The van der Waals surface area contributed by atoms with Crippen molar-refractivity contribution in [2.45, 2.75) is 25.6 Å². The molecule has 3 amide bonds. The highest BCUT2D eigenvalue weighted by Gasteiger charge is 2.38. The molecule has 11 heteroatoms. The molecule has 8 nitrogen and oxygen atoms in total. The van der Waals surface area contributed by atoms with Gasteiger partial charge >= 0.3 is 18.2 Å². The van der Waals surface area contributed by atoms with Crippen molar-refractivity contribution in [2.24, 2.45) is 0 Å². The number of hydrogen-bond donors (Lipinski definition) is 1. The number of likely N-dealkylation sites (N-methyl/N-ethyl adjacent to an activating group) is 1. The van der Waals surface area contributed by atoms with Gasteiger partial charge in [-0.3, -0.25) is 14.6 Å². The molecule has 39 heavy (non-hydrogen) atoms. The third-order valence-electron chi connectivity index (χ3n) is 6.91. The average molecular weight is 545 g/mol. The smallest absolute Gasteiger partial charge is 0.416 e. The highest BCUT2D eigenvalue weighted by molar-refractivity contribution is 5.95. The number of nitrogens with one attached hydrogen (secondary N) is 1. The van der Waals surface area contributed by atoms with Crippen molar-refractivity contribution < 1.29 is 32.3 Å². The minimum Gasteiger partial charge on any atom is -0.463 e. The second kappa shape index (κ2) is 11.9. The van der Waals surface area contributed by atoms with E-state index in [1.807, 2.05) is 18.2 Å². The van der Waals surface area contributed by atoms with Gasteiger partial charge in [-0.05, 0) is 43.2 Å². The van der Waals surface area contributed by atoms with Gasteiger partial charge in [0.15, 0.2) is 0 Å². The summed E-state index contributed by atoms with van der Waals surface area (Å²) in [6, 6.07) is 11.9. The molecule has 1 N–H and O–H groups in total. The van der Waals surface area contributed by atoms with Gasteiger partial charge in [0.25, 0.3) is 5.91 Å². The van der Waals surface area contributed by atoms with Crippen LogP contribution in [0.15, 0.2) is 65.9 Å². The number of ether oxygens (including phenoxy) is 1. The molecule has 1 saturated heterocycles. The van der Waals surface area contributed by atoms with Crippen molar-refractivity contribution in [3.8, 4) is 0 Å². The van der Waals surface area contributed by atoms with Crippen molar-refractivity contribution in [1.82, 2.24) is 20.0 Å². The lowest BCUT2D eigenvalue weighted by atomic mass is 9.93. The minimum atomic E-state index is -4.51. The maximum atomic E-state index is 13.2. The third-order valence-corrected chi connectivity index (χ3v) is 6.91. The normalized spacial score (nSPS) is 19.0. The summed E-state index contributed by atoms with van der Waals surface area (Å²) in [6.45, 7) is 4.14. The summed E-state index contributed by atoms with van der Waals surface area (Å²) < 4.78 is 44.7. The van der Waals surface area contributed by atoms with E-state index in [9.17, 15) is 27.6 Å². The van der Waals surface area contributed by atoms with Crippen LogP contribution >= 0.6 is 0 Å². The molecule has 2 aromatic rings. The Hall–Kier alpha value is -3.86. The van der Waals surface area contributed by atoms with Crippen LogP contribution in [0.25, 0.3) is 0 Å². The van der Waals surface area contributed by atoms with Crippen LogP contribution < -0.4 is 5.32 Å². The van der Waals surface area contributed by atoms with E-state index in [4.69, 9.17) is 4.74 Å². The Morgan fingerprint density at radius 2 is 1.69 bits per heavy atom. The maximum Gasteiger partial charge on any atom is 0.416 e. The van der Waals surface area contributed by atoms with Gasteiger partial charge in [0.1, 0.15) is 0 Å². The molecule has 2 aliphatic rings. The SMILES string of the molecule is CCOC(=O)C1=C(CN2CCCN(C(=O)c3ccccc3)CC2)N(C)C(=O)N[C@H]1c1ccc(C(F)(F)F)cc1. The van der Waals surface area contributed by atoms with Crippen molar-refractivity contribution in [2.75, 3.05) is 46.4 Å². The Morgan fingerprint density at radius 1 is 1.00 bits per heavy atom. The minimum absolute atomic E-state index is 0.0552. The molecule has 1 atom stereocenters. The van der Waals surface area contributed by atoms with E-state index < -0.39 is 29.8 Å². The summed E-state index contributed by atoms with van der Waals surface area (Å²) in [7, 11) is 1.54. The molecule has 2 aliphatic heterocycles. The van der Waals surface area contributed by atoms with E-state index in [0.29, 0.717) is 49.4 Å². The van der Waals surface area contributed by atoms with Crippen LogP contribution in [0.4, 0.5) is 18.0 Å². The van der Waals surface area contributed by atoms with Crippen LogP contribution in [0.5, 0.6) is 0 Å². The molecule has 0 saturated carbocycles. The van der Waals surface area contributed by atoms with Crippen molar-refractivity contribution in [1.29, 1.82) is 0 Å². The van der Waals surface area contributed by atoms with Gasteiger partial charge < -0.3 is 15.0 Å². The summed E-state index contributed by atoms with van der Waals surface area (Å²) in [4.78, 5) is 44.2. The molecule has 1 fully saturated rings. The van der Waals surface area contributed by atoms with Gasteiger partial charge in [-0.1, -0.05) is 30.3 Å². The van der Waals surface area contributed by atoms with Crippen LogP contribution in [0.1, 0.15) is 40.9 Å². The van der Waals surface area contributed by atoms with E-state index >= 15 is 0 Å². The highest BCUT2D eigenvalue weighted by atomic mass is 19.4. The Labute approximate surface area is 225 Å². The monoisotopic (exact) mass is 544 g/mol. The molecule has 2 heterocycles. The van der Waals surface area contributed by atoms with Crippen LogP contribution in [-0.4, -0.2) is 79.0 Å². The zero-order chi connectivity index (χ0) is 28.2. The molecule has 0 aliphatic carbocycles. The first kappa shape index (κ1) is 28.2. The number of carbonyl (C=O) groups excluding carboxylic acids is 3. The Kier molecular flexibility index (Phi) is 8.59. The Bertz CT molecular complexity index is 1230. The second-order valence-electron chi connectivity index (χ2n) is 9.43. The van der Waals surface area contributed by atoms with Gasteiger partial charge in [0.2, 0.25) is 0 Å². The molecule has 0 bridgehead atoms. The predicted octanol–water partition coefficient (Wildman–Crippen LogP) is 4.07. The molecule has 208 valence electrons. The first-order valence-electron chi connectivity index (χ1n) is 12.8. The quantitative estimate of drug-likeness (QED) is 0.555. The maximum absolute atomic E-state index is 13.2. The largest absolute Gasteiger partial charge is 0.463 e. The highest BCUT2D eigenvalue weighted by Crippen LogP contribution is 2.34. The molecule has 0 radical (unpaired) electrons. The van der Waals surface area contributed by atoms with E-state index in [2.05, 4.69) is 10.2 Å². The fraction of sp³-hybridized carbons (Fsp3) is 0.393. The van der Waals surface area contributed by atoms with Crippen LogP contribution in [0.3, 0.4) is 0 Å². The van der Waals surface area contributed by atoms with Crippen molar-refractivity contribution in [3.63, 3.8) is 0 Å². The van der Waals surface area contributed by atoms with Gasteiger partial charge in [0, 0.05) is 51.0 Å². The number of hydrogen-bond acceptors (Lipinski definition) is 5. The van der Waals surface area contributed by atoms with Crippen LogP contribution in [0, 0.1) is 0 Å². The van der Waals surface area contributed by atoms with Gasteiger partial charge in [-0.25, -0.2) is 9.59 Å². The van der Waals surface area contributed by atoms with E-state index in [1.165, 1.54) is 24.1 Å². The molecule has 4 rings (SSSR count). The lowest BCUT2D eigenvalue weighted by molar-refractivity contribution is -0.139. The number of rotatable bonds is 6. The number of esters is 1. The van der Waals surface area contributed by atoms with Gasteiger partial charge in [0.05, 0.1) is 23.8 Å². The number of urea groups is 1. The molecule has 0 unspecified atom stereocenters. The van der Waals surface area contributed by atoms with Crippen LogP contribution in [-0.2, 0) is 15.7 Å². The van der Waals surface area contributed by atoms with Gasteiger partial charge in [-0.2, -0.15) is 13.2 Å². The van der Waals surface area contributed by atoms with E-state index in [-0.39, 0.29) is 24.6 Å². The Balaban J connectivity index is 1.61. The van der Waals surface area contributed by atoms with E-state index in [0.717, 1.165) is 12.1 Å². The van der Waals surface area contributed by atoms with Crippen molar-refractivity contribution >= 4 is 17.9 Å². The summed E-state index contributed by atoms with van der Waals surface area (Å²) in [6.07, 6.45) is -3.82. The fourth-order valence-corrected chi connectivity index (χ4v) is 4.82. The predicted molar refractivity (Wildman–Crippen MR) is 138 cm³/mol. The molecule has 0 spiro atoms. The standard InChI is InChI=1S/C28H31F3N4O4/c1-3-39-26(37)23-22(18-34-14-7-15-35(17-16-34)25(36)20-8-5-4-6-9-20)33(2)27(38)32-24(23)19-10-12-21(13-11-19)28(29,30)31/h4-6,8-13,24H,3,7,14-18H2,1-2H3,(H,32,38)/t24-/m0/s1. The zero-order valence-corrected chi connectivity index (χ0v) is 21.8. The molecule has 0 aromatic heterocycles.